The Morgan fingerprint density at radius 3 is 2.84 bits per heavy atom. The van der Waals surface area contributed by atoms with E-state index in [1.807, 2.05) is 47.1 Å². The second-order valence-electron chi connectivity index (χ2n) is 8.27. The van der Waals surface area contributed by atoms with Gasteiger partial charge in [-0.1, -0.05) is 37.3 Å². The standard InChI is InChI=1S/C25H21N5O2/c1-2-19(31)17-7-5-8-18(17)30-25-22(24(26)27-13-28-25)23(29-30)14-10-11-16-15-6-3-4-9-20(15)32-21(16)12-14/h2-4,6,9-13,17-18H,1,5,7-8H2,(H2,26,27,28). The molecule has 2 unspecified atom stereocenters. The summed E-state index contributed by atoms with van der Waals surface area (Å²) < 4.78 is 7.94. The molecule has 2 atom stereocenters. The van der Waals surface area contributed by atoms with Crippen molar-refractivity contribution < 1.29 is 9.21 Å². The fourth-order valence-electron chi connectivity index (χ4n) is 5.02. The topological polar surface area (TPSA) is 99.8 Å². The number of anilines is 1. The number of para-hydroxylation sites is 1. The summed E-state index contributed by atoms with van der Waals surface area (Å²) in [6.07, 6.45) is 5.48. The van der Waals surface area contributed by atoms with Gasteiger partial charge in [-0.2, -0.15) is 5.10 Å². The second kappa shape index (κ2) is 7.02. The molecule has 158 valence electrons. The summed E-state index contributed by atoms with van der Waals surface area (Å²) in [5.74, 6) is 0.256. The van der Waals surface area contributed by atoms with Crippen molar-refractivity contribution in [2.24, 2.45) is 5.92 Å². The number of ketones is 1. The number of carbonyl (C=O) groups is 1. The Morgan fingerprint density at radius 2 is 1.97 bits per heavy atom. The normalized spacial score (nSPS) is 18.6. The molecular weight excluding hydrogens is 402 g/mol. The van der Waals surface area contributed by atoms with E-state index >= 15 is 0 Å². The van der Waals surface area contributed by atoms with Crippen LogP contribution in [0.3, 0.4) is 0 Å². The SMILES string of the molecule is C=CC(=O)C1CCCC1n1nc(-c2ccc3c(c2)oc2ccccc23)c2c(N)ncnc21. The number of aromatic nitrogens is 4. The number of nitrogens with two attached hydrogens (primary N) is 1. The van der Waals surface area contributed by atoms with Gasteiger partial charge in [-0.25, -0.2) is 14.6 Å². The molecule has 1 saturated carbocycles. The van der Waals surface area contributed by atoms with Crippen molar-refractivity contribution in [2.45, 2.75) is 25.3 Å². The van der Waals surface area contributed by atoms with Crippen LogP contribution in [0.15, 0.2) is 65.9 Å². The molecule has 5 aromatic rings. The highest BCUT2D eigenvalue weighted by molar-refractivity contribution is 6.07. The molecule has 32 heavy (non-hydrogen) atoms. The molecule has 7 nitrogen and oxygen atoms in total. The summed E-state index contributed by atoms with van der Waals surface area (Å²) in [7, 11) is 0. The number of furan rings is 1. The number of nitrogen functional groups attached to an aromatic ring is 1. The molecule has 6 rings (SSSR count). The van der Waals surface area contributed by atoms with Gasteiger partial charge in [-0.05, 0) is 37.1 Å². The highest BCUT2D eigenvalue weighted by Crippen LogP contribution is 2.41. The zero-order chi connectivity index (χ0) is 21.8. The van der Waals surface area contributed by atoms with Crippen molar-refractivity contribution in [3.8, 4) is 11.3 Å². The molecule has 1 aliphatic rings. The third-order valence-corrected chi connectivity index (χ3v) is 6.53. The Kier molecular flexibility index (Phi) is 4.11. The minimum atomic E-state index is -0.155. The van der Waals surface area contributed by atoms with Gasteiger partial charge in [0, 0.05) is 22.3 Å². The fraction of sp³-hybridized carbons (Fsp3) is 0.200. The van der Waals surface area contributed by atoms with Crippen molar-refractivity contribution in [3.05, 3.63) is 61.4 Å². The third-order valence-electron chi connectivity index (χ3n) is 6.53. The number of allylic oxidation sites excluding steroid dienone is 1. The highest BCUT2D eigenvalue weighted by atomic mass is 16.3. The molecular formula is C25H21N5O2. The minimum Gasteiger partial charge on any atom is -0.456 e. The number of hydrogen-bond donors (Lipinski definition) is 1. The van der Waals surface area contributed by atoms with E-state index in [4.69, 9.17) is 15.2 Å². The van der Waals surface area contributed by atoms with Crippen LogP contribution in [0, 0.1) is 5.92 Å². The van der Waals surface area contributed by atoms with Gasteiger partial charge < -0.3 is 10.2 Å². The lowest BCUT2D eigenvalue weighted by molar-refractivity contribution is -0.119. The monoisotopic (exact) mass is 423 g/mol. The van der Waals surface area contributed by atoms with Gasteiger partial charge in [0.25, 0.3) is 0 Å². The number of hydrogen-bond acceptors (Lipinski definition) is 6. The van der Waals surface area contributed by atoms with Crippen molar-refractivity contribution in [3.63, 3.8) is 0 Å². The second-order valence-corrected chi connectivity index (χ2v) is 8.27. The third kappa shape index (κ3) is 2.67. The van der Waals surface area contributed by atoms with Crippen LogP contribution in [-0.2, 0) is 4.79 Å². The van der Waals surface area contributed by atoms with Crippen LogP contribution in [0.25, 0.3) is 44.2 Å². The molecule has 2 aromatic carbocycles. The van der Waals surface area contributed by atoms with Crippen molar-refractivity contribution in [1.29, 1.82) is 0 Å². The van der Waals surface area contributed by atoms with E-state index in [1.54, 1.807) is 0 Å². The van der Waals surface area contributed by atoms with Gasteiger partial charge in [0.2, 0.25) is 0 Å². The highest BCUT2D eigenvalue weighted by Gasteiger charge is 2.35. The van der Waals surface area contributed by atoms with Gasteiger partial charge in [-0.3, -0.25) is 4.79 Å². The molecule has 0 radical (unpaired) electrons. The van der Waals surface area contributed by atoms with Crippen LogP contribution in [0.5, 0.6) is 0 Å². The first kappa shape index (κ1) is 18.7. The number of nitrogens with zero attached hydrogens (tertiary/aromatic N) is 4. The summed E-state index contributed by atoms with van der Waals surface area (Å²) in [5, 5.41) is 7.75. The molecule has 0 aliphatic heterocycles. The van der Waals surface area contributed by atoms with Crippen LogP contribution in [0.2, 0.25) is 0 Å². The Bertz CT molecular complexity index is 1530. The molecule has 3 aromatic heterocycles. The molecule has 2 N–H and O–H groups in total. The van der Waals surface area contributed by atoms with E-state index in [2.05, 4.69) is 16.5 Å². The summed E-state index contributed by atoms with van der Waals surface area (Å²) >= 11 is 0. The number of fused-ring (bicyclic) bond motifs is 4. The summed E-state index contributed by atoms with van der Waals surface area (Å²) in [5.41, 5.74) is 10.1. The lowest BCUT2D eigenvalue weighted by Crippen LogP contribution is -2.21. The zero-order valence-electron chi connectivity index (χ0n) is 17.4. The minimum absolute atomic E-state index is 0.0448. The fourth-order valence-corrected chi connectivity index (χ4v) is 5.02. The van der Waals surface area contributed by atoms with Crippen molar-refractivity contribution in [2.75, 3.05) is 5.73 Å². The largest absolute Gasteiger partial charge is 0.456 e. The van der Waals surface area contributed by atoms with Gasteiger partial charge >= 0.3 is 0 Å². The van der Waals surface area contributed by atoms with Gasteiger partial charge in [-0.15, -0.1) is 0 Å². The van der Waals surface area contributed by atoms with Crippen LogP contribution >= 0.6 is 0 Å². The van der Waals surface area contributed by atoms with E-state index in [9.17, 15) is 4.79 Å². The number of rotatable bonds is 4. The van der Waals surface area contributed by atoms with E-state index < -0.39 is 0 Å². The molecule has 0 bridgehead atoms. The predicted octanol–water partition coefficient (Wildman–Crippen LogP) is 5.07. The first-order valence-corrected chi connectivity index (χ1v) is 10.7. The Morgan fingerprint density at radius 1 is 1.12 bits per heavy atom. The van der Waals surface area contributed by atoms with Crippen LogP contribution in [-0.4, -0.2) is 25.5 Å². The van der Waals surface area contributed by atoms with Gasteiger partial charge in [0.1, 0.15) is 29.0 Å². The molecule has 0 saturated heterocycles. The summed E-state index contributed by atoms with van der Waals surface area (Å²) in [4.78, 5) is 21.2. The van der Waals surface area contributed by atoms with E-state index in [1.165, 1.54) is 12.4 Å². The molecule has 7 heteroatoms. The first-order chi connectivity index (χ1) is 15.7. The average Bonchev–Trinajstić information content (AvgIpc) is 3.53. The maximum Gasteiger partial charge on any atom is 0.164 e. The van der Waals surface area contributed by atoms with E-state index in [0.717, 1.165) is 46.8 Å². The Balaban J connectivity index is 1.56. The molecule has 0 amide bonds. The summed E-state index contributed by atoms with van der Waals surface area (Å²) in [6, 6.07) is 13.9. The maximum absolute atomic E-state index is 12.5. The summed E-state index contributed by atoms with van der Waals surface area (Å²) in [6.45, 7) is 3.67. The van der Waals surface area contributed by atoms with Crippen LogP contribution in [0.4, 0.5) is 5.82 Å². The Hall–Kier alpha value is -4.00. The van der Waals surface area contributed by atoms with Crippen LogP contribution < -0.4 is 5.73 Å². The molecule has 1 aliphatic carbocycles. The smallest absolute Gasteiger partial charge is 0.164 e. The predicted molar refractivity (Wildman–Crippen MR) is 124 cm³/mol. The maximum atomic E-state index is 12.5. The first-order valence-electron chi connectivity index (χ1n) is 10.7. The van der Waals surface area contributed by atoms with E-state index in [0.29, 0.717) is 22.5 Å². The molecule has 3 heterocycles. The lowest BCUT2D eigenvalue weighted by Gasteiger charge is -2.18. The van der Waals surface area contributed by atoms with Crippen molar-refractivity contribution >= 4 is 44.6 Å². The zero-order valence-corrected chi connectivity index (χ0v) is 17.4. The molecule has 1 fully saturated rings. The number of benzene rings is 2. The van der Waals surface area contributed by atoms with Crippen molar-refractivity contribution in [1.82, 2.24) is 19.7 Å². The quantitative estimate of drug-likeness (QED) is 0.405. The van der Waals surface area contributed by atoms with Gasteiger partial charge in [0.05, 0.1) is 11.4 Å². The van der Waals surface area contributed by atoms with Crippen LogP contribution in [0.1, 0.15) is 25.3 Å². The van der Waals surface area contributed by atoms with E-state index in [-0.39, 0.29) is 17.7 Å². The lowest BCUT2D eigenvalue weighted by atomic mass is 9.98. The van der Waals surface area contributed by atoms with Gasteiger partial charge in [0.15, 0.2) is 11.4 Å². The average molecular weight is 423 g/mol. The number of carbonyl (C=O) groups excluding carboxylic acids is 1. The molecule has 0 spiro atoms. The Labute approximate surface area is 183 Å².